The van der Waals surface area contributed by atoms with Gasteiger partial charge in [0.25, 0.3) is 0 Å². The molecule has 0 saturated carbocycles. The number of nitrogens with zero attached hydrogens (tertiary/aromatic N) is 2. The first-order chi connectivity index (χ1) is 6.92. The molecule has 1 unspecified atom stereocenters. The summed E-state index contributed by atoms with van der Waals surface area (Å²) >= 11 is 0. The van der Waals surface area contributed by atoms with Crippen LogP contribution in [0.25, 0.3) is 4.95 Å². The van der Waals surface area contributed by atoms with Gasteiger partial charge in [-0.2, -0.15) is 0 Å². The molecule has 1 aliphatic carbocycles. The topological polar surface area (TPSA) is 54.8 Å². The molecule has 0 fully saturated rings. The summed E-state index contributed by atoms with van der Waals surface area (Å²) in [4.78, 5) is 3.75. The monoisotopic (exact) mass is 187 g/mol. The van der Waals surface area contributed by atoms with Gasteiger partial charge < -0.3 is 0 Å². The van der Waals surface area contributed by atoms with Crippen LogP contribution in [-0.2, 0) is 0 Å². The minimum absolute atomic E-state index is 0.188. The third kappa shape index (κ3) is 1.64. The Kier molecular flexibility index (Phi) is 2.54. The molecule has 0 radical (unpaired) electrons. The maximum absolute atomic E-state index is 5.41. The average molecular weight is 187 g/mol. The lowest BCUT2D eigenvalue weighted by Crippen LogP contribution is -2.35. The number of allylic oxidation sites excluding steroid dienone is 4. The van der Waals surface area contributed by atoms with Crippen molar-refractivity contribution in [2.45, 2.75) is 12.5 Å². The van der Waals surface area contributed by atoms with Crippen molar-refractivity contribution in [3.8, 4) is 6.07 Å². The van der Waals surface area contributed by atoms with Crippen molar-refractivity contribution in [3.63, 3.8) is 0 Å². The van der Waals surface area contributed by atoms with E-state index in [-0.39, 0.29) is 6.04 Å². The zero-order valence-corrected chi connectivity index (χ0v) is 7.64. The van der Waals surface area contributed by atoms with Gasteiger partial charge in [-0.3, -0.25) is 5.84 Å². The van der Waals surface area contributed by atoms with Crippen molar-refractivity contribution < 1.29 is 0 Å². The maximum atomic E-state index is 5.41. The average Bonchev–Trinajstić information content (AvgIpc) is 2.51. The Labute approximate surface area is 82.3 Å². The lowest BCUT2D eigenvalue weighted by Gasteiger charge is -2.07. The summed E-state index contributed by atoms with van der Waals surface area (Å²) in [5.41, 5.74) is 4.74. The predicted octanol–water partition coefficient (Wildman–Crippen LogP) is 0.963. The van der Waals surface area contributed by atoms with E-state index in [4.69, 9.17) is 5.84 Å². The Morgan fingerprint density at radius 3 is 3.43 bits per heavy atom. The number of nitrogens with two attached hydrogens (primary N) is 1. The lowest BCUT2D eigenvalue weighted by atomic mass is 10.0. The molecular formula is C10H11N4+. The molecule has 0 bridgehead atoms. The van der Waals surface area contributed by atoms with Crippen molar-refractivity contribution in [1.82, 2.24) is 5.43 Å². The van der Waals surface area contributed by atoms with Crippen LogP contribution in [0.2, 0.25) is 0 Å². The summed E-state index contributed by atoms with van der Waals surface area (Å²) in [5, 5.41) is 3.85. The fourth-order valence-electron chi connectivity index (χ4n) is 1.43. The molecule has 3 N–H and O–H groups in total. The third-order valence-corrected chi connectivity index (χ3v) is 2.14. The van der Waals surface area contributed by atoms with Crippen molar-refractivity contribution >= 4 is 6.21 Å². The van der Waals surface area contributed by atoms with Gasteiger partial charge in [0.1, 0.15) is 16.3 Å². The van der Waals surface area contributed by atoms with Gasteiger partial charge >= 0.3 is 6.07 Å². The minimum Gasteiger partial charge on any atom is -0.270 e. The van der Waals surface area contributed by atoms with E-state index in [9.17, 15) is 0 Å². The molecule has 14 heavy (non-hydrogen) atoms. The van der Waals surface area contributed by atoms with Gasteiger partial charge in [0.15, 0.2) is 6.04 Å². The van der Waals surface area contributed by atoms with Gasteiger partial charge in [-0.1, -0.05) is 24.3 Å². The SMILES string of the molecule is NNC1C#[N+]N=CC2=CCC=CC=C21. The van der Waals surface area contributed by atoms with Gasteiger partial charge in [-0.25, -0.2) is 5.43 Å². The van der Waals surface area contributed by atoms with E-state index >= 15 is 0 Å². The second kappa shape index (κ2) is 4.01. The first-order valence-corrected chi connectivity index (χ1v) is 4.44. The van der Waals surface area contributed by atoms with Crippen molar-refractivity contribution in [2.24, 2.45) is 10.9 Å². The number of rotatable bonds is 1. The van der Waals surface area contributed by atoms with E-state index in [1.54, 1.807) is 6.21 Å². The molecule has 0 aromatic heterocycles. The van der Waals surface area contributed by atoms with Gasteiger partial charge in [0.2, 0.25) is 0 Å². The highest BCUT2D eigenvalue weighted by molar-refractivity contribution is 5.86. The minimum atomic E-state index is -0.188. The fourth-order valence-corrected chi connectivity index (χ4v) is 1.43. The standard InChI is InChI=1S/C10H11N4/c11-14-10-7-13-12-6-8-4-2-1-3-5-9(8)10/h1,3-6,10,14H,2,11H2/q+1. The first kappa shape index (κ1) is 8.88. The van der Waals surface area contributed by atoms with Crippen LogP contribution in [0.5, 0.6) is 0 Å². The van der Waals surface area contributed by atoms with E-state index in [2.05, 4.69) is 33.7 Å². The quantitative estimate of drug-likeness (QED) is 0.474. The molecule has 4 nitrogen and oxygen atoms in total. The van der Waals surface area contributed by atoms with Crippen LogP contribution in [0.15, 0.2) is 40.6 Å². The summed E-state index contributed by atoms with van der Waals surface area (Å²) in [7, 11) is 0. The van der Waals surface area contributed by atoms with Crippen LogP contribution in [0, 0.1) is 6.07 Å². The van der Waals surface area contributed by atoms with Crippen LogP contribution in [0.4, 0.5) is 0 Å². The van der Waals surface area contributed by atoms with Crippen LogP contribution in [0.1, 0.15) is 6.42 Å². The summed E-state index contributed by atoms with van der Waals surface area (Å²) in [6, 6.07) is 2.62. The van der Waals surface area contributed by atoms with Gasteiger partial charge in [-0.05, 0) is 12.0 Å². The summed E-state index contributed by atoms with van der Waals surface area (Å²) in [5.74, 6) is 5.41. The second-order valence-corrected chi connectivity index (χ2v) is 3.02. The zero-order valence-electron chi connectivity index (χ0n) is 7.64. The van der Waals surface area contributed by atoms with Gasteiger partial charge in [0, 0.05) is 5.57 Å². The maximum Gasteiger partial charge on any atom is 0.347 e. The highest BCUT2D eigenvalue weighted by Crippen LogP contribution is 2.18. The Bertz CT molecular complexity index is 404. The Morgan fingerprint density at radius 2 is 2.57 bits per heavy atom. The summed E-state index contributed by atoms with van der Waals surface area (Å²) in [6.45, 7) is 0. The Balaban J connectivity index is 2.44. The third-order valence-electron chi connectivity index (χ3n) is 2.14. The molecule has 2 rings (SSSR count). The van der Waals surface area contributed by atoms with Gasteiger partial charge in [0.05, 0.1) is 0 Å². The molecule has 1 heterocycles. The van der Waals surface area contributed by atoms with Crippen LogP contribution in [-0.4, -0.2) is 12.3 Å². The molecule has 1 aliphatic heterocycles. The summed E-state index contributed by atoms with van der Waals surface area (Å²) < 4.78 is 0. The first-order valence-electron chi connectivity index (χ1n) is 4.44. The van der Waals surface area contributed by atoms with Crippen molar-refractivity contribution in [1.29, 1.82) is 0 Å². The van der Waals surface area contributed by atoms with Crippen molar-refractivity contribution in [3.05, 3.63) is 40.4 Å². The molecule has 2 aliphatic rings. The molecule has 1 atom stereocenters. The number of hydrogen-bond donors (Lipinski definition) is 2. The normalized spacial score (nSPS) is 23.6. The van der Waals surface area contributed by atoms with Gasteiger partial charge in [-0.15, -0.1) is 0 Å². The summed E-state index contributed by atoms with van der Waals surface area (Å²) in [6.07, 6.45) is 10.8. The molecular weight excluding hydrogens is 176 g/mol. The van der Waals surface area contributed by atoms with Crippen LogP contribution >= 0.6 is 0 Å². The molecule has 0 aromatic rings. The highest BCUT2D eigenvalue weighted by Gasteiger charge is 2.21. The second-order valence-electron chi connectivity index (χ2n) is 3.02. The number of hydrogen-bond acceptors (Lipinski definition) is 3. The number of hydrazine groups is 1. The lowest BCUT2D eigenvalue weighted by molar-refractivity contribution is 0.714. The highest BCUT2D eigenvalue weighted by atomic mass is 15.2. The van der Waals surface area contributed by atoms with E-state index < -0.39 is 0 Å². The smallest absolute Gasteiger partial charge is 0.270 e. The van der Waals surface area contributed by atoms with Crippen LogP contribution in [0.3, 0.4) is 0 Å². The zero-order chi connectivity index (χ0) is 9.80. The van der Waals surface area contributed by atoms with E-state index in [1.165, 1.54) is 0 Å². The van der Waals surface area contributed by atoms with E-state index in [0.717, 1.165) is 17.6 Å². The number of nitrogens with one attached hydrogen (secondary N) is 1. The van der Waals surface area contributed by atoms with E-state index in [1.807, 2.05) is 12.2 Å². The fraction of sp³-hybridized carbons (Fsp3) is 0.200. The predicted molar refractivity (Wildman–Crippen MR) is 56.8 cm³/mol. The molecule has 70 valence electrons. The largest absolute Gasteiger partial charge is 0.347 e. The van der Waals surface area contributed by atoms with Crippen LogP contribution < -0.4 is 11.3 Å². The molecule has 0 amide bonds. The molecule has 4 heteroatoms. The molecule has 0 aromatic carbocycles. The Morgan fingerprint density at radius 1 is 1.64 bits per heavy atom. The Hall–Kier alpha value is -1.70. The molecule has 0 spiro atoms. The number of fused-ring (bicyclic) bond motifs is 1. The molecule has 0 saturated heterocycles. The van der Waals surface area contributed by atoms with Crippen molar-refractivity contribution in [2.75, 3.05) is 0 Å². The van der Waals surface area contributed by atoms with E-state index in [0.29, 0.717) is 0 Å².